The number of aromatic nitrogens is 2. The van der Waals surface area contributed by atoms with E-state index in [1.54, 1.807) is 0 Å². The molecule has 2 nitrogen and oxygen atoms in total. The first-order valence-corrected chi connectivity index (χ1v) is 6.96. The van der Waals surface area contributed by atoms with Gasteiger partial charge in [0.25, 0.3) is 0 Å². The highest BCUT2D eigenvalue weighted by Crippen LogP contribution is 2.29. The van der Waals surface area contributed by atoms with Gasteiger partial charge in [-0.3, -0.25) is 0 Å². The van der Waals surface area contributed by atoms with Gasteiger partial charge in [0, 0.05) is 11.8 Å². The zero-order valence-corrected chi connectivity index (χ0v) is 11.8. The predicted octanol–water partition coefficient (Wildman–Crippen LogP) is 4.66. The molecular formula is C18H18N2. The van der Waals surface area contributed by atoms with Gasteiger partial charge in [0.1, 0.15) is 0 Å². The summed E-state index contributed by atoms with van der Waals surface area (Å²) in [5, 5.41) is 4.77. The van der Waals surface area contributed by atoms with Crippen molar-refractivity contribution in [1.29, 1.82) is 0 Å². The van der Waals surface area contributed by atoms with E-state index in [1.807, 2.05) is 28.9 Å². The molecule has 0 amide bonds. The molecule has 0 spiro atoms. The fourth-order valence-corrected chi connectivity index (χ4v) is 2.37. The molecule has 3 rings (SSSR count). The van der Waals surface area contributed by atoms with Gasteiger partial charge >= 0.3 is 0 Å². The zero-order chi connectivity index (χ0) is 13.9. The van der Waals surface area contributed by atoms with E-state index in [2.05, 4.69) is 56.4 Å². The molecule has 0 bridgehead atoms. The van der Waals surface area contributed by atoms with Crippen LogP contribution in [0.4, 0.5) is 0 Å². The highest BCUT2D eigenvalue weighted by molar-refractivity contribution is 5.66. The van der Waals surface area contributed by atoms with E-state index < -0.39 is 0 Å². The monoisotopic (exact) mass is 262 g/mol. The standard InChI is InChI=1S/C18H18N2/c1-14(2)18-17(15-9-5-3-6-10-15)13-20(19-18)16-11-7-4-8-12-16/h3-14H,1-2H3. The van der Waals surface area contributed by atoms with Crippen molar-refractivity contribution in [3.05, 3.63) is 72.6 Å². The molecule has 0 aliphatic heterocycles. The summed E-state index contributed by atoms with van der Waals surface area (Å²) in [6.07, 6.45) is 2.12. The average Bonchev–Trinajstić information content (AvgIpc) is 2.94. The van der Waals surface area contributed by atoms with Crippen LogP contribution in [0.5, 0.6) is 0 Å². The van der Waals surface area contributed by atoms with Gasteiger partial charge in [-0.2, -0.15) is 5.10 Å². The van der Waals surface area contributed by atoms with Crippen LogP contribution in [0.1, 0.15) is 25.5 Å². The molecule has 0 N–H and O–H groups in total. The van der Waals surface area contributed by atoms with Gasteiger partial charge < -0.3 is 0 Å². The molecule has 0 atom stereocenters. The average molecular weight is 262 g/mol. The van der Waals surface area contributed by atoms with Crippen LogP contribution >= 0.6 is 0 Å². The van der Waals surface area contributed by atoms with Gasteiger partial charge in [-0.15, -0.1) is 0 Å². The second kappa shape index (κ2) is 5.33. The smallest absolute Gasteiger partial charge is 0.0732 e. The lowest BCUT2D eigenvalue weighted by Crippen LogP contribution is -1.96. The minimum absolute atomic E-state index is 0.398. The molecule has 3 aromatic rings. The number of hydrogen-bond acceptors (Lipinski definition) is 1. The largest absolute Gasteiger partial charge is 0.240 e. The van der Waals surface area contributed by atoms with E-state index in [9.17, 15) is 0 Å². The Morgan fingerprint density at radius 1 is 0.850 bits per heavy atom. The van der Waals surface area contributed by atoms with Crippen molar-refractivity contribution in [3.63, 3.8) is 0 Å². The summed E-state index contributed by atoms with van der Waals surface area (Å²) in [5.41, 5.74) is 4.67. The van der Waals surface area contributed by atoms with Crippen molar-refractivity contribution in [3.8, 4) is 16.8 Å². The summed E-state index contributed by atoms with van der Waals surface area (Å²) in [6, 6.07) is 20.7. The maximum atomic E-state index is 4.77. The van der Waals surface area contributed by atoms with Crippen LogP contribution < -0.4 is 0 Å². The maximum absolute atomic E-state index is 4.77. The van der Waals surface area contributed by atoms with Gasteiger partial charge in [-0.25, -0.2) is 4.68 Å². The summed E-state index contributed by atoms with van der Waals surface area (Å²) < 4.78 is 1.97. The van der Waals surface area contributed by atoms with Gasteiger partial charge in [-0.05, 0) is 23.6 Å². The molecule has 0 aliphatic rings. The highest BCUT2D eigenvalue weighted by atomic mass is 15.3. The number of hydrogen-bond donors (Lipinski definition) is 0. The molecule has 1 aromatic heterocycles. The Balaban J connectivity index is 2.13. The van der Waals surface area contributed by atoms with E-state index in [0.717, 1.165) is 11.4 Å². The summed E-state index contributed by atoms with van der Waals surface area (Å²) >= 11 is 0. The maximum Gasteiger partial charge on any atom is 0.0732 e. The molecule has 0 fully saturated rings. The summed E-state index contributed by atoms with van der Waals surface area (Å²) in [4.78, 5) is 0. The van der Waals surface area contributed by atoms with Crippen molar-refractivity contribution < 1.29 is 0 Å². The van der Waals surface area contributed by atoms with E-state index >= 15 is 0 Å². The third-order valence-corrected chi connectivity index (χ3v) is 3.40. The molecule has 2 heteroatoms. The zero-order valence-electron chi connectivity index (χ0n) is 11.8. The molecule has 2 aromatic carbocycles. The Bertz CT molecular complexity index is 682. The van der Waals surface area contributed by atoms with Crippen LogP contribution in [-0.4, -0.2) is 9.78 Å². The number of para-hydroxylation sites is 1. The number of benzene rings is 2. The fraction of sp³-hybridized carbons (Fsp3) is 0.167. The lowest BCUT2D eigenvalue weighted by atomic mass is 10.0. The van der Waals surface area contributed by atoms with E-state index in [4.69, 9.17) is 5.10 Å². The summed E-state index contributed by atoms with van der Waals surface area (Å²) in [7, 11) is 0. The fourth-order valence-electron chi connectivity index (χ4n) is 2.37. The SMILES string of the molecule is CC(C)c1nn(-c2ccccc2)cc1-c1ccccc1. The molecule has 0 saturated carbocycles. The quantitative estimate of drug-likeness (QED) is 0.671. The minimum Gasteiger partial charge on any atom is -0.240 e. The van der Waals surface area contributed by atoms with Gasteiger partial charge in [0.2, 0.25) is 0 Å². The minimum atomic E-state index is 0.398. The van der Waals surface area contributed by atoms with Crippen LogP contribution in [0.3, 0.4) is 0 Å². The van der Waals surface area contributed by atoms with Gasteiger partial charge in [0.15, 0.2) is 0 Å². The lowest BCUT2D eigenvalue weighted by Gasteiger charge is -2.04. The van der Waals surface area contributed by atoms with Crippen molar-refractivity contribution >= 4 is 0 Å². The molecule has 20 heavy (non-hydrogen) atoms. The van der Waals surface area contributed by atoms with Crippen LogP contribution in [0.2, 0.25) is 0 Å². The Morgan fingerprint density at radius 2 is 1.45 bits per heavy atom. The van der Waals surface area contributed by atoms with Crippen molar-refractivity contribution in [1.82, 2.24) is 9.78 Å². The Hall–Kier alpha value is -2.35. The van der Waals surface area contributed by atoms with Crippen molar-refractivity contribution in [2.45, 2.75) is 19.8 Å². The highest BCUT2D eigenvalue weighted by Gasteiger charge is 2.14. The van der Waals surface area contributed by atoms with Crippen LogP contribution in [-0.2, 0) is 0 Å². The third-order valence-electron chi connectivity index (χ3n) is 3.40. The number of rotatable bonds is 3. The summed E-state index contributed by atoms with van der Waals surface area (Å²) in [5.74, 6) is 0.398. The predicted molar refractivity (Wildman–Crippen MR) is 83.1 cm³/mol. The second-order valence-corrected chi connectivity index (χ2v) is 5.23. The van der Waals surface area contributed by atoms with Crippen LogP contribution in [0.15, 0.2) is 66.9 Å². The first-order valence-electron chi connectivity index (χ1n) is 6.96. The molecule has 0 unspecified atom stereocenters. The Morgan fingerprint density at radius 3 is 2.05 bits per heavy atom. The second-order valence-electron chi connectivity index (χ2n) is 5.23. The van der Waals surface area contributed by atoms with E-state index in [-0.39, 0.29) is 0 Å². The van der Waals surface area contributed by atoms with Crippen molar-refractivity contribution in [2.24, 2.45) is 0 Å². The van der Waals surface area contributed by atoms with Crippen molar-refractivity contribution in [2.75, 3.05) is 0 Å². The Labute approximate surface area is 119 Å². The van der Waals surface area contributed by atoms with E-state index in [1.165, 1.54) is 11.1 Å². The van der Waals surface area contributed by atoms with E-state index in [0.29, 0.717) is 5.92 Å². The first kappa shape index (κ1) is 12.7. The topological polar surface area (TPSA) is 17.8 Å². The van der Waals surface area contributed by atoms with Gasteiger partial charge in [-0.1, -0.05) is 62.4 Å². The molecule has 0 aliphatic carbocycles. The Kier molecular flexibility index (Phi) is 3.38. The molecule has 0 radical (unpaired) electrons. The first-order chi connectivity index (χ1) is 9.75. The molecule has 1 heterocycles. The summed E-state index contributed by atoms with van der Waals surface area (Å²) in [6.45, 7) is 4.37. The normalized spacial score (nSPS) is 10.9. The molecule has 0 saturated heterocycles. The number of nitrogens with zero attached hydrogens (tertiary/aromatic N) is 2. The van der Waals surface area contributed by atoms with Crippen LogP contribution in [0.25, 0.3) is 16.8 Å². The van der Waals surface area contributed by atoms with Crippen LogP contribution in [0, 0.1) is 0 Å². The lowest BCUT2D eigenvalue weighted by molar-refractivity contribution is 0.769. The third kappa shape index (κ3) is 2.37. The molecular weight excluding hydrogens is 244 g/mol. The molecule has 100 valence electrons. The van der Waals surface area contributed by atoms with Gasteiger partial charge in [0.05, 0.1) is 11.4 Å².